The van der Waals surface area contributed by atoms with Gasteiger partial charge in [0.05, 0.1) is 6.61 Å². The number of aliphatic hydroxyl groups excluding tert-OH is 1. The maximum absolute atomic E-state index is 8.81. The second-order valence-electron chi connectivity index (χ2n) is 5.19. The lowest BCUT2D eigenvalue weighted by Gasteiger charge is -2.14. The number of rotatable bonds is 7. The SMILES string of the molecule is CC(C)Cc1ccc(CCN(C)CCO)cc1. The lowest BCUT2D eigenvalue weighted by atomic mass is 10.0. The van der Waals surface area contributed by atoms with Gasteiger partial charge in [-0.3, -0.25) is 0 Å². The minimum Gasteiger partial charge on any atom is -0.395 e. The van der Waals surface area contributed by atoms with E-state index in [4.69, 9.17) is 5.11 Å². The van der Waals surface area contributed by atoms with Crippen LogP contribution >= 0.6 is 0 Å². The van der Waals surface area contributed by atoms with Crippen molar-refractivity contribution < 1.29 is 5.11 Å². The molecule has 0 saturated heterocycles. The smallest absolute Gasteiger partial charge is 0.0558 e. The van der Waals surface area contributed by atoms with Gasteiger partial charge in [0.25, 0.3) is 0 Å². The van der Waals surface area contributed by atoms with Crippen LogP contribution in [-0.4, -0.2) is 36.8 Å². The fourth-order valence-electron chi connectivity index (χ4n) is 1.92. The molecule has 1 aromatic carbocycles. The van der Waals surface area contributed by atoms with Gasteiger partial charge >= 0.3 is 0 Å². The van der Waals surface area contributed by atoms with E-state index >= 15 is 0 Å². The molecule has 0 spiro atoms. The highest BCUT2D eigenvalue weighted by atomic mass is 16.3. The fourth-order valence-corrected chi connectivity index (χ4v) is 1.92. The van der Waals surface area contributed by atoms with Crippen molar-refractivity contribution in [3.8, 4) is 0 Å². The van der Waals surface area contributed by atoms with Crippen LogP contribution in [0.3, 0.4) is 0 Å². The minimum absolute atomic E-state index is 0.240. The maximum atomic E-state index is 8.81. The van der Waals surface area contributed by atoms with Crippen molar-refractivity contribution in [1.82, 2.24) is 4.90 Å². The fraction of sp³-hybridized carbons (Fsp3) is 0.600. The third-order valence-corrected chi connectivity index (χ3v) is 2.93. The monoisotopic (exact) mass is 235 g/mol. The Morgan fingerprint density at radius 2 is 1.65 bits per heavy atom. The van der Waals surface area contributed by atoms with E-state index in [1.807, 2.05) is 7.05 Å². The molecule has 0 amide bonds. The Morgan fingerprint density at radius 1 is 1.06 bits per heavy atom. The van der Waals surface area contributed by atoms with E-state index in [1.165, 1.54) is 11.1 Å². The van der Waals surface area contributed by atoms with Crippen molar-refractivity contribution in [1.29, 1.82) is 0 Å². The van der Waals surface area contributed by atoms with Crippen LogP contribution < -0.4 is 0 Å². The molecule has 1 rings (SSSR count). The largest absolute Gasteiger partial charge is 0.395 e. The highest BCUT2D eigenvalue weighted by Crippen LogP contribution is 2.10. The number of hydrogen-bond donors (Lipinski definition) is 1. The van der Waals surface area contributed by atoms with Crippen molar-refractivity contribution in [2.24, 2.45) is 5.92 Å². The van der Waals surface area contributed by atoms with Crippen LogP contribution in [0.1, 0.15) is 25.0 Å². The van der Waals surface area contributed by atoms with Crippen LogP contribution in [-0.2, 0) is 12.8 Å². The molecule has 96 valence electrons. The highest BCUT2D eigenvalue weighted by Gasteiger charge is 2.00. The van der Waals surface area contributed by atoms with Crippen LogP contribution in [0, 0.1) is 5.92 Å². The molecule has 0 unspecified atom stereocenters. The van der Waals surface area contributed by atoms with Crippen LogP contribution in [0.5, 0.6) is 0 Å². The van der Waals surface area contributed by atoms with Crippen molar-refractivity contribution in [2.75, 3.05) is 26.7 Å². The molecule has 0 aliphatic heterocycles. The summed E-state index contributed by atoms with van der Waals surface area (Å²) in [5, 5.41) is 8.81. The average molecular weight is 235 g/mol. The molecule has 2 heteroatoms. The van der Waals surface area contributed by atoms with Gasteiger partial charge < -0.3 is 10.0 Å². The molecular weight excluding hydrogens is 210 g/mol. The van der Waals surface area contributed by atoms with Gasteiger partial charge in [-0.15, -0.1) is 0 Å². The summed E-state index contributed by atoms with van der Waals surface area (Å²) >= 11 is 0. The van der Waals surface area contributed by atoms with Crippen LogP contribution in [0.25, 0.3) is 0 Å². The van der Waals surface area contributed by atoms with E-state index in [0.29, 0.717) is 0 Å². The Balaban J connectivity index is 2.40. The predicted molar refractivity (Wildman–Crippen MR) is 73.3 cm³/mol. The first kappa shape index (κ1) is 14.2. The van der Waals surface area contributed by atoms with Crippen molar-refractivity contribution >= 4 is 0 Å². The summed E-state index contributed by atoms with van der Waals surface area (Å²) in [6.07, 6.45) is 2.21. The topological polar surface area (TPSA) is 23.5 Å². The Morgan fingerprint density at radius 3 is 2.18 bits per heavy atom. The second kappa shape index (κ2) is 7.46. The Bertz CT molecular complexity index is 305. The number of benzene rings is 1. The van der Waals surface area contributed by atoms with E-state index in [2.05, 4.69) is 43.0 Å². The third kappa shape index (κ3) is 5.85. The third-order valence-electron chi connectivity index (χ3n) is 2.93. The summed E-state index contributed by atoms with van der Waals surface area (Å²) < 4.78 is 0. The molecular formula is C15H25NO. The molecule has 0 heterocycles. The summed E-state index contributed by atoms with van der Waals surface area (Å²) in [6, 6.07) is 8.93. The lowest BCUT2D eigenvalue weighted by Crippen LogP contribution is -2.24. The van der Waals surface area contributed by atoms with Gasteiger partial charge in [-0.1, -0.05) is 38.1 Å². The normalized spacial score (nSPS) is 11.4. The van der Waals surface area contributed by atoms with E-state index in [9.17, 15) is 0 Å². The van der Waals surface area contributed by atoms with Gasteiger partial charge in [-0.2, -0.15) is 0 Å². The first-order valence-corrected chi connectivity index (χ1v) is 6.49. The second-order valence-corrected chi connectivity index (χ2v) is 5.19. The Kier molecular flexibility index (Phi) is 6.23. The lowest BCUT2D eigenvalue weighted by molar-refractivity contribution is 0.223. The maximum Gasteiger partial charge on any atom is 0.0558 e. The zero-order valence-electron chi connectivity index (χ0n) is 11.3. The summed E-state index contributed by atoms with van der Waals surface area (Å²) in [5.74, 6) is 0.719. The van der Waals surface area contributed by atoms with E-state index < -0.39 is 0 Å². The van der Waals surface area contributed by atoms with Gasteiger partial charge in [-0.25, -0.2) is 0 Å². The van der Waals surface area contributed by atoms with E-state index in [0.717, 1.165) is 31.8 Å². The molecule has 0 aromatic heterocycles. The van der Waals surface area contributed by atoms with Crippen LogP contribution in [0.4, 0.5) is 0 Å². The van der Waals surface area contributed by atoms with Gasteiger partial charge in [0.2, 0.25) is 0 Å². The minimum atomic E-state index is 0.240. The number of nitrogens with zero attached hydrogens (tertiary/aromatic N) is 1. The standard InChI is InChI=1S/C15H25NO/c1-13(2)12-15-6-4-14(5-7-15)8-9-16(3)10-11-17/h4-7,13,17H,8-12H2,1-3H3. The number of hydrogen-bond acceptors (Lipinski definition) is 2. The first-order valence-electron chi connectivity index (χ1n) is 6.49. The summed E-state index contributed by atoms with van der Waals surface area (Å²) in [7, 11) is 2.04. The Labute approximate surface area is 105 Å². The van der Waals surface area contributed by atoms with Gasteiger partial charge in [0, 0.05) is 13.1 Å². The molecule has 0 fully saturated rings. The molecule has 1 aromatic rings. The van der Waals surface area contributed by atoms with Crippen LogP contribution in [0.2, 0.25) is 0 Å². The molecule has 2 nitrogen and oxygen atoms in total. The number of likely N-dealkylation sites (N-methyl/N-ethyl adjacent to an activating group) is 1. The molecule has 0 radical (unpaired) electrons. The van der Waals surface area contributed by atoms with Crippen LogP contribution in [0.15, 0.2) is 24.3 Å². The summed E-state index contributed by atoms with van der Waals surface area (Å²) in [5.41, 5.74) is 2.80. The molecule has 0 bridgehead atoms. The summed E-state index contributed by atoms with van der Waals surface area (Å²) in [4.78, 5) is 2.15. The predicted octanol–water partition coefficient (Wildman–Crippen LogP) is 2.35. The highest BCUT2D eigenvalue weighted by molar-refractivity contribution is 5.23. The molecule has 0 aliphatic rings. The van der Waals surface area contributed by atoms with Crippen molar-refractivity contribution in [3.05, 3.63) is 35.4 Å². The molecule has 1 N–H and O–H groups in total. The Hall–Kier alpha value is -0.860. The zero-order valence-corrected chi connectivity index (χ0v) is 11.3. The zero-order chi connectivity index (χ0) is 12.7. The molecule has 17 heavy (non-hydrogen) atoms. The molecule has 0 aliphatic carbocycles. The average Bonchev–Trinajstić information content (AvgIpc) is 2.28. The van der Waals surface area contributed by atoms with Crippen molar-refractivity contribution in [2.45, 2.75) is 26.7 Å². The number of aliphatic hydroxyl groups is 1. The summed E-state index contributed by atoms with van der Waals surface area (Å²) in [6.45, 7) is 6.49. The van der Waals surface area contributed by atoms with Crippen molar-refractivity contribution in [3.63, 3.8) is 0 Å². The quantitative estimate of drug-likeness (QED) is 0.784. The van der Waals surface area contributed by atoms with E-state index in [1.54, 1.807) is 0 Å². The van der Waals surface area contributed by atoms with Gasteiger partial charge in [-0.05, 0) is 36.9 Å². The first-order chi connectivity index (χ1) is 8.11. The van der Waals surface area contributed by atoms with E-state index in [-0.39, 0.29) is 6.61 Å². The molecule has 0 saturated carbocycles. The molecule has 0 atom stereocenters. The van der Waals surface area contributed by atoms with Gasteiger partial charge in [0.15, 0.2) is 0 Å². The van der Waals surface area contributed by atoms with Gasteiger partial charge in [0.1, 0.15) is 0 Å².